The molecule has 2 rings (SSSR count). The van der Waals surface area contributed by atoms with Gasteiger partial charge in [-0.3, -0.25) is 9.69 Å². The summed E-state index contributed by atoms with van der Waals surface area (Å²) >= 11 is 6.08. The summed E-state index contributed by atoms with van der Waals surface area (Å²) in [5, 5.41) is 9.80. The molecule has 92 valence electrons. The molecule has 1 N–H and O–H groups in total. The van der Waals surface area contributed by atoms with Gasteiger partial charge in [0.15, 0.2) is 0 Å². The van der Waals surface area contributed by atoms with Gasteiger partial charge in [-0.15, -0.1) is 0 Å². The quantitative estimate of drug-likeness (QED) is 0.856. The second-order valence-electron chi connectivity index (χ2n) is 4.12. The molecular weight excluding hydrogens is 240 g/mol. The van der Waals surface area contributed by atoms with Crippen LogP contribution < -0.4 is 4.90 Å². The zero-order chi connectivity index (χ0) is 12.4. The van der Waals surface area contributed by atoms with Gasteiger partial charge in [-0.2, -0.15) is 0 Å². The number of anilines is 1. The van der Waals surface area contributed by atoms with Gasteiger partial charge in [-0.05, 0) is 19.2 Å². The Morgan fingerprint density at radius 1 is 1.41 bits per heavy atom. The number of amides is 1. The predicted octanol–water partition coefficient (Wildman–Crippen LogP) is 0.979. The van der Waals surface area contributed by atoms with E-state index in [-0.39, 0.29) is 12.5 Å². The van der Waals surface area contributed by atoms with E-state index < -0.39 is 6.04 Å². The fraction of sp³-hybridized carbons (Fsp3) is 0.417. The minimum atomic E-state index is -0.472. The van der Waals surface area contributed by atoms with Gasteiger partial charge in [0.1, 0.15) is 6.04 Å². The molecule has 1 unspecified atom stereocenters. The fourth-order valence-corrected chi connectivity index (χ4v) is 2.26. The number of nitrogens with zero attached hydrogens (tertiary/aromatic N) is 2. The summed E-state index contributed by atoms with van der Waals surface area (Å²) < 4.78 is 0. The number of carbonyl (C=O) groups excluding carboxylic acids is 1. The van der Waals surface area contributed by atoms with E-state index in [0.717, 1.165) is 6.54 Å². The molecule has 1 heterocycles. The first-order valence-electron chi connectivity index (χ1n) is 5.52. The predicted molar refractivity (Wildman–Crippen MR) is 67.3 cm³/mol. The second-order valence-corrected chi connectivity index (χ2v) is 4.53. The summed E-state index contributed by atoms with van der Waals surface area (Å²) in [6.45, 7) is 1.15. The Hall–Kier alpha value is -1.10. The van der Waals surface area contributed by atoms with E-state index in [0.29, 0.717) is 17.3 Å². The van der Waals surface area contributed by atoms with E-state index in [9.17, 15) is 9.90 Å². The summed E-state index contributed by atoms with van der Waals surface area (Å²) in [7, 11) is 1.84. The van der Waals surface area contributed by atoms with Crippen LogP contribution in [-0.2, 0) is 4.79 Å². The Bertz CT molecular complexity index is 425. The lowest BCUT2D eigenvalue weighted by molar-refractivity contribution is -0.126. The molecule has 0 aromatic heterocycles. The van der Waals surface area contributed by atoms with Gasteiger partial charge in [0, 0.05) is 13.1 Å². The average Bonchev–Trinajstić information content (AvgIpc) is 2.31. The molecule has 0 aliphatic carbocycles. The Kier molecular flexibility index (Phi) is 3.66. The number of carbonyl (C=O) groups is 1. The molecule has 1 saturated heterocycles. The van der Waals surface area contributed by atoms with Crippen molar-refractivity contribution in [3.8, 4) is 0 Å². The van der Waals surface area contributed by atoms with Crippen molar-refractivity contribution < 1.29 is 9.90 Å². The minimum absolute atomic E-state index is 0.102. The SMILES string of the molecule is CN1CCN(c2ccccc2Cl)C(=O)C1CO. The van der Waals surface area contributed by atoms with Crippen LogP contribution in [0.1, 0.15) is 0 Å². The Balaban J connectivity index is 2.28. The van der Waals surface area contributed by atoms with Crippen molar-refractivity contribution in [3.63, 3.8) is 0 Å². The van der Waals surface area contributed by atoms with Crippen LogP contribution in [0.4, 0.5) is 5.69 Å². The highest BCUT2D eigenvalue weighted by atomic mass is 35.5. The highest BCUT2D eigenvalue weighted by Crippen LogP contribution is 2.27. The third kappa shape index (κ3) is 2.29. The molecule has 1 atom stereocenters. The van der Waals surface area contributed by atoms with Crippen molar-refractivity contribution in [2.45, 2.75) is 6.04 Å². The Morgan fingerprint density at radius 2 is 2.12 bits per heavy atom. The summed E-state index contributed by atoms with van der Waals surface area (Å²) in [4.78, 5) is 15.7. The number of benzene rings is 1. The van der Waals surface area contributed by atoms with Gasteiger partial charge in [-0.1, -0.05) is 23.7 Å². The molecule has 1 aromatic carbocycles. The van der Waals surface area contributed by atoms with Crippen LogP contribution >= 0.6 is 11.6 Å². The van der Waals surface area contributed by atoms with E-state index in [1.165, 1.54) is 0 Å². The molecule has 17 heavy (non-hydrogen) atoms. The molecule has 1 amide bonds. The Morgan fingerprint density at radius 3 is 2.76 bits per heavy atom. The third-order valence-corrected chi connectivity index (χ3v) is 3.40. The van der Waals surface area contributed by atoms with Crippen molar-refractivity contribution in [1.82, 2.24) is 4.90 Å². The Labute approximate surface area is 105 Å². The molecule has 0 bridgehead atoms. The normalized spacial score (nSPS) is 21.9. The molecule has 1 aliphatic heterocycles. The lowest BCUT2D eigenvalue weighted by Gasteiger charge is -2.38. The second kappa shape index (κ2) is 5.04. The van der Waals surface area contributed by atoms with Gasteiger partial charge in [0.05, 0.1) is 17.3 Å². The first-order chi connectivity index (χ1) is 8.15. The molecule has 5 heteroatoms. The number of hydrogen-bond acceptors (Lipinski definition) is 3. The van der Waals surface area contributed by atoms with E-state index in [4.69, 9.17) is 11.6 Å². The number of aliphatic hydroxyl groups excluding tert-OH is 1. The minimum Gasteiger partial charge on any atom is -0.394 e. The number of halogens is 1. The maximum Gasteiger partial charge on any atom is 0.246 e. The average molecular weight is 255 g/mol. The largest absolute Gasteiger partial charge is 0.394 e. The highest BCUT2D eigenvalue weighted by Gasteiger charge is 2.33. The van der Waals surface area contributed by atoms with Gasteiger partial charge in [0.25, 0.3) is 0 Å². The summed E-state index contributed by atoms with van der Waals surface area (Å²) in [6.07, 6.45) is 0. The number of hydrogen-bond donors (Lipinski definition) is 1. The smallest absolute Gasteiger partial charge is 0.246 e. The lowest BCUT2D eigenvalue weighted by Crippen LogP contribution is -2.57. The van der Waals surface area contributed by atoms with Gasteiger partial charge in [0.2, 0.25) is 5.91 Å². The van der Waals surface area contributed by atoms with E-state index in [1.54, 1.807) is 11.0 Å². The van der Waals surface area contributed by atoms with Gasteiger partial charge in [-0.25, -0.2) is 0 Å². The molecule has 4 nitrogen and oxygen atoms in total. The number of rotatable bonds is 2. The number of piperazine rings is 1. The summed E-state index contributed by atoms with van der Waals surface area (Å²) in [6, 6.07) is 6.78. The van der Waals surface area contributed by atoms with Crippen molar-refractivity contribution in [2.24, 2.45) is 0 Å². The van der Waals surface area contributed by atoms with Crippen LogP contribution in [0.5, 0.6) is 0 Å². The van der Waals surface area contributed by atoms with Crippen LogP contribution in [0.15, 0.2) is 24.3 Å². The molecule has 1 aliphatic rings. The maximum atomic E-state index is 12.2. The lowest BCUT2D eigenvalue weighted by atomic mass is 10.1. The molecule has 0 radical (unpaired) electrons. The fourth-order valence-electron chi connectivity index (χ4n) is 2.02. The van der Waals surface area contributed by atoms with E-state index in [2.05, 4.69) is 0 Å². The highest BCUT2D eigenvalue weighted by molar-refractivity contribution is 6.33. The topological polar surface area (TPSA) is 43.8 Å². The van der Waals surface area contributed by atoms with Crippen LogP contribution in [0, 0.1) is 0 Å². The molecule has 0 saturated carbocycles. The summed E-state index contributed by atoms with van der Waals surface area (Å²) in [5.41, 5.74) is 0.714. The van der Waals surface area contributed by atoms with Crippen LogP contribution in [-0.4, -0.2) is 48.7 Å². The van der Waals surface area contributed by atoms with Crippen molar-refractivity contribution in [1.29, 1.82) is 0 Å². The zero-order valence-corrected chi connectivity index (χ0v) is 10.4. The standard InChI is InChI=1S/C12H15ClN2O2/c1-14-6-7-15(12(17)11(14)8-16)10-5-3-2-4-9(10)13/h2-5,11,16H,6-8H2,1H3. The van der Waals surface area contributed by atoms with Gasteiger partial charge >= 0.3 is 0 Å². The molecule has 1 aromatic rings. The van der Waals surface area contributed by atoms with Crippen molar-refractivity contribution >= 4 is 23.2 Å². The van der Waals surface area contributed by atoms with E-state index in [1.807, 2.05) is 30.1 Å². The first kappa shape index (κ1) is 12.4. The number of likely N-dealkylation sites (N-methyl/N-ethyl adjacent to an activating group) is 1. The third-order valence-electron chi connectivity index (χ3n) is 3.08. The van der Waals surface area contributed by atoms with Crippen LogP contribution in [0.2, 0.25) is 5.02 Å². The van der Waals surface area contributed by atoms with E-state index >= 15 is 0 Å². The molecular formula is C12H15ClN2O2. The van der Waals surface area contributed by atoms with Crippen LogP contribution in [0.25, 0.3) is 0 Å². The molecule has 1 fully saturated rings. The molecule has 0 spiro atoms. The number of aliphatic hydroxyl groups is 1. The van der Waals surface area contributed by atoms with Crippen molar-refractivity contribution in [3.05, 3.63) is 29.3 Å². The van der Waals surface area contributed by atoms with Gasteiger partial charge < -0.3 is 10.0 Å². The monoisotopic (exact) mass is 254 g/mol. The summed E-state index contributed by atoms with van der Waals surface area (Å²) in [5.74, 6) is -0.102. The first-order valence-corrected chi connectivity index (χ1v) is 5.90. The maximum absolute atomic E-state index is 12.2. The van der Waals surface area contributed by atoms with Crippen molar-refractivity contribution in [2.75, 3.05) is 31.6 Å². The zero-order valence-electron chi connectivity index (χ0n) is 9.64. The number of para-hydroxylation sites is 1. The van der Waals surface area contributed by atoms with Crippen LogP contribution in [0.3, 0.4) is 0 Å².